The molecule has 4 heterocycles. The van der Waals surface area contributed by atoms with Crippen molar-refractivity contribution in [3.63, 3.8) is 0 Å². The standard InChI is InChI=1S/C11H8N2O.C11H10N2.K.H4N2.2H2O/c14-11(9-5-1-3-7-12-9)10-6-2-4-8-13-10;1-3-7-12-10(5-1)9-11-6-2-4-8-13-11;;1-2;;/h1-8H;1-8H,9H2;;1-2H2;2*1H2/q;;+1;;;/p-1. The minimum Gasteiger partial charge on any atom is -0.870 e. The Morgan fingerprint density at radius 3 is 1.25 bits per heavy atom. The van der Waals surface area contributed by atoms with Gasteiger partial charge in [-0.1, -0.05) is 24.3 Å². The zero-order chi connectivity index (χ0) is 20.7. The van der Waals surface area contributed by atoms with Crippen molar-refractivity contribution in [1.82, 2.24) is 19.9 Å². The second kappa shape index (κ2) is 19.4. The molecule has 0 aromatic carbocycles. The van der Waals surface area contributed by atoms with Gasteiger partial charge in [0.05, 0.1) is 0 Å². The van der Waals surface area contributed by atoms with E-state index in [1.165, 1.54) is 0 Å². The molecule has 4 rings (SSSR count). The zero-order valence-corrected chi connectivity index (χ0v) is 20.9. The second-order valence-electron chi connectivity index (χ2n) is 5.58. The Bertz CT molecular complexity index is 887. The molecule has 9 nitrogen and oxygen atoms in total. The fourth-order valence-electron chi connectivity index (χ4n) is 2.32. The maximum absolute atomic E-state index is 11.7. The van der Waals surface area contributed by atoms with Gasteiger partial charge >= 0.3 is 51.4 Å². The van der Waals surface area contributed by atoms with Gasteiger partial charge in [-0.3, -0.25) is 36.4 Å². The quantitative estimate of drug-likeness (QED) is 0.161. The molecule has 4 aromatic heterocycles. The van der Waals surface area contributed by atoms with Crippen LogP contribution < -0.4 is 63.1 Å². The molecule has 0 saturated carbocycles. The van der Waals surface area contributed by atoms with Gasteiger partial charge < -0.3 is 11.0 Å². The van der Waals surface area contributed by atoms with Crippen LogP contribution in [-0.4, -0.2) is 36.7 Å². The van der Waals surface area contributed by atoms with E-state index in [-0.39, 0.29) is 68.1 Å². The molecule has 0 amide bonds. The average Bonchev–Trinajstić information content (AvgIpc) is 2.83. The van der Waals surface area contributed by atoms with Crippen LogP contribution in [0.25, 0.3) is 0 Å². The van der Waals surface area contributed by atoms with Crippen LogP contribution in [0.5, 0.6) is 0 Å². The average molecular weight is 461 g/mol. The van der Waals surface area contributed by atoms with Crippen molar-refractivity contribution < 1.29 is 67.1 Å². The minimum atomic E-state index is -0.147. The normalized spacial score (nSPS) is 8.44. The minimum absolute atomic E-state index is 0. The van der Waals surface area contributed by atoms with Crippen LogP contribution in [0.2, 0.25) is 0 Å². The number of nitrogens with two attached hydrogens (primary N) is 2. The van der Waals surface area contributed by atoms with Gasteiger partial charge in [-0.2, -0.15) is 0 Å². The molecule has 0 aliphatic rings. The Kier molecular flexibility index (Phi) is 19.4. The summed E-state index contributed by atoms with van der Waals surface area (Å²) in [6, 6.07) is 22.3. The molecule has 0 unspecified atom stereocenters. The number of carbonyl (C=O) groups excluding carboxylic acids is 1. The van der Waals surface area contributed by atoms with E-state index >= 15 is 0 Å². The summed E-state index contributed by atoms with van der Waals surface area (Å²) in [6.45, 7) is 0. The van der Waals surface area contributed by atoms with E-state index in [1.807, 2.05) is 36.4 Å². The number of carbonyl (C=O) groups is 1. The van der Waals surface area contributed by atoms with E-state index in [2.05, 4.69) is 31.6 Å². The van der Waals surface area contributed by atoms with Crippen LogP contribution in [0.3, 0.4) is 0 Å². The van der Waals surface area contributed by atoms with Gasteiger partial charge in [-0.25, -0.2) is 0 Å². The Balaban J connectivity index is 0. The van der Waals surface area contributed by atoms with E-state index < -0.39 is 0 Å². The Labute approximate surface area is 229 Å². The first-order valence-corrected chi connectivity index (χ1v) is 8.83. The number of rotatable bonds is 4. The molecule has 4 aromatic rings. The number of aromatic nitrogens is 4. The third-order valence-corrected chi connectivity index (χ3v) is 3.61. The van der Waals surface area contributed by atoms with Crippen molar-refractivity contribution in [3.05, 3.63) is 120 Å². The van der Waals surface area contributed by atoms with Crippen LogP contribution in [0.1, 0.15) is 27.6 Å². The van der Waals surface area contributed by atoms with Crippen LogP contribution in [-0.2, 0) is 6.42 Å². The zero-order valence-electron chi connectivity index (χ0n) is 17.7. The Hall–Kier alpha value is -2.25. The molecule has 0 spiro atoms. The largest absolute Gasteiger partial charge is 1.00 e. The maximum atomic E-state index is 11.7. The van der Waals surface area contributed by atoms with Gasteiger partial charge in [0.2, 0.25) is 5.78 Å². The van der Waals surface area contributed by atoms with Crippen molar-refractivity contribution in [2.24, 2.45) is 11.7 Å². The third-order valence-electron chi connectivity index (χ3n) is 3.61. The number of hydrogen-bond donors (Lipinski definition) is 2. The summed E-state index contributed by atoms with van der Waals surface area (Å²) in [6.07, 6.45) is 7.60. The van der Waals surface area contributed by atoms with Crippen LogP contribution in [0.15, 0.2) is 97.6 Å². The predicted octanol–water partition coefficient (Wildman–Crippen LogP) is -1.40. The van der Waals surface area contributed by atoms with Gasteiger partial charge in [-0.05, 0) is 48.5 Å². The molecule has 0 aliphatic carbocycles. The van der Waals surface area contributed by atoms with E-state index in [0.717, 1.165) is 17.8 Å². The first kappa shape index (κ1) is 31.9. The summed E-state index contributed by atoms with van der Waals surface area (Å²) in [7, 11) is 0. The SMILES string of the molecule is NN.O.O=C(c1ccccn1)c1ccccn1.[K+].[OH-].c1ccc(Cc2ccccn2)nc1. The summed E-state index contributed by atoms with van der Waals surface area (Å²) in [4.78, 5) is 28.1. The fourth-order valence-corrected chi connectivity index (χ4v) is 2.32. The second-order valence-corrected chi connectivity index (χ2v) is 5.58. The summed E-state index contributed by atoms with van der Waals surface area (Å²) in [5.74, 6) is 7.85. The van der Waals surface area contributed by atoms with Crippen LogP contribution in [0, 0.1) is 0 Å². The number of pyridine rings is 4. The number of hydrogen-bond acceptors (Lipinski definition) is 8. The molecule has 0 fully saturated rings. The summed E-state index contributed by atoms with van der Waals surface area (Å²) in [5, 5.41) is 0. The molecule has 162 valence electrons. The molecule has 0 bridgehead atoms. The van der Waals surface area contributed by atoms with Crippen molar-refractivity contribution >= 4 is 5.78 Å². The smallest absolute Gasteiger partial charge is 0.870 e. The number of hydrazine groups is 1. The van der Waals surface area contributed by atoms with Crippen molar-refractivity contribution in [3.8, 4) is 0 Å². The van der Waals surface area contributed by atoms with E-state index in [9.17, 15) is 4.79 Å². The molecule has 10 heteroatoms. The van der Waals surface area contributed by atoms with E-state index in [1.54, 1.807) is 61.2 Å². The summed E-state index contributed by atoms with van der Waals surface area (Å²) >= 11 is 0. The van der Waals surface area contributed by atoms with Gasteiger partial charge in [0.15, 0.2) is 0 Å². The van der Waals surface area contributed by atoms with E-state index in [0.29, 0.717) is 11.4 Å². The van der Waals surface area contributed by atoms with Crippen molar-refractivity contribution in [2.75, 3.05) is 0 Å². The van der Waals surface area contributed by atoms with Crippen molar-refractivity contribution in [2.45, 2.75) is 6.42 Å². The molecule has 0 aliphatic heterocycles. The molecule has 0 radical (unpaired) electrons. The maximum Gasteiger partial charge on any atom is 1.00 e. The molecule has 32 heavy (non-hydrogen) atoms. The topological polar surface area (TPSA) is 182 Å². The first-order chi connectivity index (χ1) is 14.3. The van der Waals surface area contributed by atoms with E-state index in [4.69, 9.17) is 0 Å². The van der Waals surface area contributed by atoms with Gasteiger partial charge in [0, 0.05) is 42.6 Å². The number of nitrogens with zero attached hydrogens (tertiary/aromatic N) is 4. The third kappa shape index (κ3) is 11.4. The first-order valence-electron chi connectivity index (χ1n) is 8.83. The van der Waals surface area contributed by atoms with Gasteiger partial charge in [0.1, 0.15) is 11.4 Å². The molecular formula is C22H25KN6O3. The predicted molar refractivity (Wildman–Crippen MR) is 117 cm³/mol. The molecule has 0 atom stereocenters. The Morgan fingerprint density at radius 1 is 0.625 bits per heavy atom. The van der Waals surface area contributed by atoms with Gasteiger partial charge in [0.25, 0.3) is 0 Å². The van der Waals surface area contributed by atoms with Crippen molar-refractivity contribution in [1.29, 1.82) is 0 Å². The monoisotopic (exact) mass is 460 g/mol. The van der Waals surface area contributed by atoms with Crippen LogP contribution >= 0.6 is 0 Å². The molecule has 0 saturated heterocycles. The summed E-state index contributed by atoms with van der Waals surface area (Å²) in [5.41, 5.74) is 2.96. The fraction of sp³-hybridized carbons (Fsp3) is 0.0455. The molecule has 7 N–H and O–H groups in total. The number of ketones is 1. The Morgan fingerprint density at radius 2 is 0.969 bits per heavy atom. The summed E-state index contributed by atoms with van der Waals surface area (Å²) < 4.78 is 0. The van der Waals surface area contributed by atoms with Crippen LogP contribution in [0.4, 0.5) is 0 Å². The van der Waals surface area contributed by atoms with Gasteiger partial charge in [-0.15, -0.1) is 0 Å². The molecular weight excluding hydrogens is 435 g/mol.